The van der Waals surface area contributed by atoms with E-state index in [2.05, 4.69) is 25.6 Å². The molecule has 7 nitrogen and oxygen atoms in total. The third-order valence-corrected chi connectivity index (χ3v) is 2.99. The number of nitrogens with zero attached hydrogens (tertiary/aromatic N) is 3. The predicted molar refractivity (Wildman–Crippen MR) is 104 cm³/mol. The van der Waals surface area contributed by atoms with Gasteiger partial charge in [0.05, 0.1) is 19.3 Å². The summed E-state index contributed by atoms with van der Waals surface area (Å²) in [5.74, 6) is 0.633. The highest BCUT2D eigenvalue weighted by molar-refractivity contribution is 14.0. The monoisotopic (exact) mass is 482 g/mol. The van der Waals surface area contributed by atoms with Crippen LogP contribution in [0.2, 0.25) is 0 Å². The van der Waals surface area contributed by atoms with E-state index in [1.165, 1.54) is 7.11 Å². The Morgan fingerprint density at radius 2 is 2.00 bits per heavy atom. The normalized spacial score (nSPS) is 11.5. The number of aliphatic imine (C=N–C) groups is 1. The Hall–Kier alpha value is -2.31. The summed E-state index contributed by atoms with van der Waals surface area (Å²) in [4.78, 5) is 11.2. The lowest BCUT2D eigenvalue weighted by Gasteiger charge is -2.10. The lowest BCUT2D eigenvalue weighted by atomic mass is 10.3. The van der Waals surface area contributed by atoms with Gasteiger partial charge >= 0.3 is 6.18 Å². The Balaban J connectivity index is 0.00000338. The van der Waals surface area contributed by atoms with Gasteiger partial charge in [0.2, 0.25) is 5.95 Å². The fourth-order valence-electron chi connectivity index (χ4n) is 1.87. The van der Waals surface area contributed by atoms with Crippen molar-refractivity contribution in [3.05, 3.63) is 42.2 Å². The summed E-state index contributed by atoms with van der Waals surface area (Å²) in [6.07, 6.45) is -3.47. The number of aromatic nitrogens is 2. The van der Waals surface area contributed by atoms with E-state index in [0.717, 1.165) is 12.3 Å². The molecule has 0 aliphatic carbocycles. The smallest absolute Gasteiger partial charge is 0.433 e. The zero-order valence-corrected chi connectivity index (χ0v) is 16.1. The Kier molecular flexibility index (Phi) is 8.35. The SMILES string of the molecule is COc1ccccc1NC(N)=NCCNc1nccc(C(F)(F)F)n1.I. The molecule has 0 saturated carbocycles. The average molecular weight is 482 g/mol. The van der Waals surface area contributed by atoms with Crippen LogP contribution < -0.4 is 21.1 Å². The highest BCUT2D eigenvalue weighted by atomic mass is 127. The molecule has 2 rings (SSSR count). The van der Waals surface area contributed by atoms with Crippen LogP contribution in [0.3, 0.4) is 0 Å². The number of alkyl halides is 3. The minimum absolute atomic E-state index is 0. The largest absolute Gasteiger partial charge is 0.495 e. The van der Waals surface area contributed by atoms with Crippen molar-refractivity contribution >= 4 is 41.6 Å². The van der Waals surface area contributed by atoms with Crippen LogP contribution in [0, 0.1) is 0 Å². The number of para-hydroxylation sites is 2. The van der Waals surface area contributed by atoms with E-state index in [1.54, 1.807) is 12.1 Å². The average Bonchev–Trinajstić information content (AvgIpc) is 2.59. The van der Waals surface area contributed by atoms with Gasteiger partial charge in [-0.2, -0.15) is 13.2 Å². The molecular weight excluding hydrogens is 464 g/mol. The first kappa shape index (κ1) is 21.7. The number of ether oxygens (including phenoxy) is 1. The third kappa shape index (κ3) is 6.54. The lowest BCUT2D eigenvalue weighted by Crippen LogP contribution is -2.24. The van der Waals surface area contributed by atoms with Crippen LogP contribution in [0.5, 0.6) is 5.75 Å². The fraction of sp³-hybridized carbons (Fsp3) is 0.267. The van der Waals surface area contributed by atoms with Crippen molar-refractivity contribution in [2.75, 3.05) is 30.8 Å². The van der Waals surface area contributed by atoms with Gasteiger partial charge in [-0.05, 0) is 18.2 Å². The number of halogens is 4. The molecule has 0 amide bonds. The Labute approximate surface area is 165 Å². The topological polar surface area (TPSA) is 97.5 Å². The standard InChI is InChI=1S/C15H17F3N6O.HI/c1-25-11-5-3-2-4-10(11)23-13(19)20-8-9-22-14-21-7-6-12(24-14)15(16,17)18;/h2-7H,8-9H2,1H3,(H3,19,20,23)(H,21,22,24);1H. The fourth-order valence-corrected chi connectivity index (χ4v) is 1.87. The molecular formula is C15H18F3IN6O. The molecule has 26 heavy (non-hydrogen) atoms. The molecule has 1 heterocycles. The molecule has 11 heteroatoms. The van der Waals surface area contributed by atoms with Gasteiger partial charge in [-0.1, -0.05) is 12.1 Å². The van der Waals surface area contributed by atoms with Gasteiger partial charge in [-0.15, -0.1) is 24.0 Å². The van der Waals surface area contributed by atoms with Gasteiger partial charge in [0.25, 0.3) is 0 Å². The molecule has 142 valence electrons. The maximum absolute atomic E-state index is 12.6. The molecule has 0 aliphatic heterocycles. The molecule has 0 atom stereocenters. The molecule has 0 fully saturated rings. The predicted octanol–water partition coefficient (Wildman–Crippen LogP) is 2.96. The molecule has 1 aromatic heterocycles. The van der Waals surface area contributed by atoms with Gasteiger partial charge in [-0.3, -0.25) is 4.99 Å². The van der Waals surface area contributed by atoms with E-state index < -0.39 is 11.9 Å². The van der Waals surface area contributed by atoms with E-state index in [9.17, 15) is 13.2 Å². The highest BCUT2D eigenvalue weighted by Gasteiger charge is 2.32. The van der Waals surface area contributed by atoms with Crippen molar-refractivity contribution in [3.63, 3.8) is 0 Å². The summed E-state index contributed by atoms with van der Waals surface area (Å²) < 4.78 is 42.8. The number of nitrogens with two attached hydrogens (primary N) is 1. The van der Waals surface area contributed by atoms with Gasteiger partial charge in [-0.25, -0.2) is 9.97 Å². The van der Waals surface area contributed by atoms with Crippen LogP contribution in [0.15, 0.2) is 41.5 Å². The summed E-state index contributed by atoms with van der Waals surface area (Å²) in [7, 11) is 1.53. The van der Waals surface area contributed by atoms with E-state index in [-0.39, 0.29) is 49.0 Å². The van der Waals surface area contributed by atoms with Gasteiger partial charge in [0, 0.05) is 12.7 Å². The summed E-state index contributed by atoms with van der Waals surface area (Å²) in [5.41, 5.74) is 5.41. The number of anilines is 2. The van der Waals surface area contributed by atoms with Crippen molar-refractivity contribution in [1.82, 2.24) is 9.97 Å². The molecule has 4 N–H and O–H groups in total. The third-order valence-electron chi connectivity index (χ3n) is 2.99. The number of hydrogen-bond acceptors (Lipinski definition) is 5. The Morgan fingerprint density at radius 3 is 2.69 bits per heavy atom. The zero-order valence-electron chi connectivity index (χ0n) is 13.7. The highest BCUT2D eigenvalue weighted by Crippen LogP contribution is 2.27. The second-order valence-corrected chi connectivity index (χ2v) is 4.78. The second-order valence-electron chi connectivity index (χ2n) is 4.78. The van der Waals surface area contributed by atoms with E-state index >= 15 is 0 Å². The number of rotatable bonds is 6. The molecule has 0 bridgehead atoms. The molecule has 0 saturated heterocycles. The first-order chi connectivity index (χ1) is 11.9. The van der Waals surface area contributed by atoms with Crippen LogP contribution >= 0.6 is 24.0 Å². The number of hydrogen-bond donors (Lipinski definition) is 3. The molecule has 1 aromatic carbocycles. The van der Waals surface area contributed by atoms with Crippen LogP contribution in [0.1, 0.15) is 5.69 Å². The van der Waals surface area contributed by atoms with Crippen molar-refractivity contribution in [1.29, 1.82) is 0 Å². The van der Waals surface area contributed by atoms with Crippen LogP contribution in [0.25, 0.3) is 0 Å². The van der Waals surface area contributed by atoms with Crippen molar-refractivity contribution in [3.8, 4) is 5.75 Å². The van der Waals surface area contributed by atoms with Gasteiger partial charge < -0.3 is 21.1 Å². The van der Waals surface area contributed by atoms with Crippen LogP contribution in [-0.2, 0) is 6.18 Å². The van der Waals surface area contributed by atoms with Crippen LogP contribution in [0.4, 0.5) is 24.8 Å². The molecule has 0 radical (unpaired) electrons. The lowest BCUT2D eigenvalue weighted by molar-refractivity contribution is -0.141. The zero-order chi connectivity index (χ0) is 18.3. The Morgan fingerprint density at radius 1 is 1.27 bits per heavy atom. The first-order valence-electron chi connectivity index (χ1n) is 7.24. The van der Waals surface area contributed by atoms with E-state index in [1.807, 2.05) is 12.1 Å². The number of benzene rings is 1. The molecule has 2 aromatic rings. The van der Waals surface area contributed by atoms with Crippen LogP contribution in [-0.4, -0.2) is 36.1 Å². The quantitative estimate of drug-likeness (QED) is 0.254. The van der Waals surface area contributed by atoms with Crippen molar-refractivity contribution in [2.24, 2.45) is 10.7 Å². The van der Waals surface area contributed by atoms with E-state index in [4.69, 9.17) is 10.5 Å². The maximum Gasteiger partial charge on any atom is 0.433 e. The minimum atomic E-state index is -4.51. The van der Waals surface area contributed by atoms with E-state index in [0.29, 0.717) is 11.4 Å². The van der Waals surface area contributed by atoms with Crippen molar-refractivity contribution < 1.29 is 17.9 Å². The second kappa shape index (κ2) is 9.99. The van der Waals surface area contributed by atoms with Gasteiger partial charge in [0.15, 0.2) is 5.96 Å². The first-order valence-corrected chi connectivity index (χ1v) is 7.24. The molecule has 0 spiro atoms. The molecule has 0 unspecified atom stereocenters. The van der Waals surface area contributed by atoms with Crippen molar-refractivity contribution in [2.45, 2.75) is 6.18 Å². The summed E-state index contributed by atoms with van der Waals surface area (Å²) in [5, 5.41) is 5.55. The number of nitrogens with one attached hydrogen (secondary N) is 2. The molecule has 0 aliphatic rings. The summed E-state index contributed by atoms with van der Waals surface area (Å²) in [6.45, 7) is 0.434. The maximum atomic E-state index is 12.6. The number of methoxy groups -OCH3 is 1. The summed E-state index contributed by atoms with van der Waals surface area (Å²) >= 11 is 0. The number of guanidine groups is 1. The summed E-state index contributed by atoms with van der Waals surface area (Å²) in [6, 6.07) is 7.97. The minimum Gasteiger partial charge on any atom is -0.495 e. The Bertz CT molecular complexity index is 741. The van der Waals surface area contributed by atoms with Gasteiger partial charge in [0.1, 0.15) is 11.4 Å².